The molecule has 0 spiro atoms. The highest BCUT2D eigenvalue weighted by atomic mass is 19.4. The van der Waals surface area contributed by atoms with E-state index in [0.29, 0.717) is 6.54 Å². The molecule has 2 fully saturated rings. The normalized spacial score (nSPS) is 20.1. The van der Waals surface area contributed by atoms with Crippen molar-refractivity contribution in [2.75, 3.05) is 39.8 Å². The molecule has 2 aromatic carbocycles. The largest absolute Gasteiger partial charge is 0.497 e. The van der Waals surface area contributed by atoms with Gasteiger partial charge in [0, 0.05) is 39.3 Å². The minimum atomic E-state index is -4.30. The molecule has 2 aliphatic rings. The minimum Gasteiger partial charge on any atom is -0.497 e. The Balaban J connectivity index is 1.37. The van der Waals surface area contributed by atoms with Crippen LogP contribution in [0.5, 0.6) is 5.75 Å². The monoisotopic (exact) mass is 488 g/mol. The highest BCUT2D eigenvalue weighted by Crippen LogP contribution is 2.39. The van der Waals surface area contributed by atoms with Crippen molar-refractivity contribution in [3.63, 3.8) is 0 Å². The molecule has 1 saturated carbocycles. The molecule has 35 heavy (non-hydrogen) atoms. The zero-order valence-electron chi connectivity index (χ0n) is 20.4. The standard InChI is InChI=1S/C28H35F3N2O2/c1-35-25-11-7-23(8-12-25)26(27(34)14-3-2-4-15-27)13-16-32-17-19-33(20-18-32)21-22-5-9-24(10-6-22)28(29,30)31/h5-13,34H,2-4,14-21H2,1H3. The van der Waals surface area contributed by atoms with E-state index in [-0.39, 0.29) is 0 Å². The molecule has 1 N–H and O–H groups in total. The summed E-state index contributed by atoms with van der Waals surface area (Å²) < 4.78 is 43.7. The smallest absolute Gasteiger partial charge is 0.416 e. The molecule has 4 rings (SSSR count). The first-order valence-electron chi connectivity index (χ1n) is 12.5. The average Bonchev–Trinajstić information content (AvgIpc) is 2.86. The molecule has 0 radical (unpaired) electrons. The lowest BCUT2D eigenvalue weighted by molar-refractivity contribution is -0.137. The second-order valence-electron chi connectivity index (χ2n) is 9.71. The van der Waals surface area contributed by atoms with E-state index in [1.807, 2.05) is 24.3 Å². The average molecular weight is 489 g/mol. The topological polar surface area (TPSA) is 35.9 Å². The lowest BCUT2D eigenvalue weighted by Gasteiger charge is -2.37. The Morgan fingerprint density at radius 1 is 0.914 bits per heavy atom. The number of ether oxygens (including phenoxy) is 1. The van der Waals surface area contributed by atoms with E-state index in [1.54, 1.807) is 19.2 Å². The molecule has 4 nitrogen and oxygen atoms in total. The first-order chi connectivity index (χ1) is 16.8. The zero-order valence-corrected chi connectivity index (χ0v) is 20.4. The summed E-state index contributed by atoms with van der Waals surface area (Å²) in [6.45, 7) is 4.89. The number of hydrogen-bond donors (Lipinski definition) is 1. The molecule has 7 heteroatoms. The van der Waals surface area contributed by atoms with Gasteiger partial charge in [-0.2, -0.15) is 13.2 Å². The van der Waals surface area contributed by atoms with Gasteiger partial charge in [0.2, 0.25) is 0 Å². The molecule has 190 valence electrons. The summed E-state index contributed by atoms with van der Waals surface area (Å²) >= 11 is 0. The third kappa shape index (κ3) is 6.66. The minimum absolute atomic E-state index is 0.606. The van der Waals surface area contributed by atoms with Gasteiger partial charge in [-0.1, -0.05) is 49.6 Å². The third-order valence-corrected chi connectivity index (χ3v) is 7.29. The molecule has 0 atom stereocenters. The van der Waals surface area contributed by atoms with Gasteiger partial charge < -0.3 is 9.84 Å². The van der Waals surface area contributed by atoms with Gasteiger partial charge >= 0.3 is 6.18 Å². The summed E-state index contributed by atoms with van der Waals surface area (Å²) in [5, 5.41) is 11.5. The quantitative estimate of drug-likeness (QED) is 0.550. The van der Waals surface area contributed by atoms with Crippen LogP contribution in [0.15, 0.2) is 54.6 Å². The summed E-state index contributed by atoms with van der Waals surface area (Å²) in [6.07, 6.45) is 2.70. The SMILES string of the molecule is COc1ccc(C(=CCN2CCN(Cc3ccc(C(F)(F)F)cc3)CC2)C2(O)CCCCC2)cc1. The predicted octanol–water partition coefficient (Wildman–Crippen LogP) is 5.61. The van der Waals surface area contributed by atoms with Crippen LogP contribution >= 0.6 is 0 Å². The van der Waals surface area contributed by atoms with Gasteiger partial charge in [0.1, 0.15) is 5.75 Å². The second-order valence-corrected chi connectivity index (χ2v) is 9.71. The van der Waals surface area contributed by atoms with E-state index < -0.39 is 17.3 Å². The van der Waals surface area contributed by atoms with Gasteiger partial charge in [-0.25, -0.2) is 0 Å². The maximum Gasteiger partial charge on any atom is 0.416 e. The van der Waals surface area contributed by atoms with Crippen LogP contribution in [0.4, 0.5) is 13.2 Å². The summed E-state index contributed by atoms with van der Waals surface area (Å²) in [7, 11) is 1.65. The molecule has 0 bridgehead atoms. The zero-order chi connectivity index (χ0) is 24.9. The first kappa shape index (κ1) is 25.7. The van der Waals surface area contributed by atoms with Crippen LogP contribution < -0.4 is 4.74 Å². The number of alkyl halides is 3. The second kappa shape index (κ2) is 11.1. The molecular weight excluding hydrogens is 453 g/mol. The van der Waals surface area contributed by atoms with Gasteiger partial charge in [-0.05, 0) is 53.8 Å². The highest BCUT2D eigenvalue weighted by molar-refractivity contribution is 5.72. The summed E-state index contributed by atoms with van der Waals surface area (Å²) in [4.78, 5) is 4.65. The lowest BCUT2D eigenvalue weighted by Crippen LogP contribution is -2.46. The Kier molecular flexibility index (Phi) is 8.19. The summed E-state index contributed by atoms with van der Waals surface area (Å²) in [5.74, 6) is 0.799. The molecular formula is C28H35F3N2O2. The van der Waals surface area contributed by atoms with Crippen LogP contribution in [-0.2, 0) is 12.7 Å². The number of rotatable bonds is 7. The summed E-state index contributed by atoms with van der Waals surface area (Å²) in [6, 6.07) is 13.4. The van der Waals surface area contributed by atoms with Crippen molar-refractivity contribution < 1.29 is 23.0 Å². The Labute approximate surface area is 206 Å². The first-order valence-corrected chi connectivity index (χ1v) is 12.5. The van der Waals surface area contributed by atoms with Gasteiger partial charge in [-0.15, -0.1) is 0 Å². The predicted molar refractivity (Wildman–Crippen MR) is 132 cm³/mol. The van der Waals surface area contributed by atoms with Crippen LogP contribution in [0, 0.1) is 0 Å². The molecule has 1 aliphatic carbocycles. The Bertz CT molecular complexity index is 973. The molecule has 0 unspecified atom stereocenters. The van der Waals surface area contributed by atoms with Crippen molar-refractivity contribution in [1.29, 1.82) is 0 Å². The van der Waals surface area contributed by atoms with E-state index >= 15 is 0 Å². The Morgan fingerprint density at radius 3 is 2.09 bits per heavy atom. The number of piperazine rings is 1. The van der Waals surface area contributed by atoms with Crippen LogP contribution in [0.3, 0.4) is 0 Å². The Morgan fingerprint density at radius 2 is 1.51 bits per heavy atom. The third-order valence-electron chi connectivity index (χ3n) is 7.29. The van der Waals surface area contributed by atoms with Crippen LogP contribution in [0.1, 0.15) is 48.8 Å². The highest BCUT2D eigenvalue weighted by Gasteiger charge is 2.34. The van der Waals surface area contributed by atoms with Gasteiger partial charge in [0.25, 0.3) is 0 Å². The van der Waals surface area contributed by atoms with E-state index in [9.17, 15) is 18.3 Å². The number of methoxy groups -OCH3 is 1. The molecule has 1 aliphatic heterocycles. The van der Waals surface area contributed by atoms with Crippen molar-refractivity contribution in [2.24, 2.45) is 0 Å². The van der Waals surface area contributed by atoms with E-state index in [0.717, 1.165) is 93.0 Å². The fraction of sp³-hybridized carbons (Fsp3) is 0.500. The maximum atomic E-state index is 12.8. The number of benzene rings is 2. The fourth-order valence-corrected chi connectivity index (χ4v) is 5.16. The van der Waals surface area contributed by atoms with Crippen molar-refractivity contribution in [3.05, 3.63) is 71.3 Å². The van der Waals surface area contributed by atoms with Crippen molar-refractivity contribution in [2.45, 2.75) is 50.4 Å². The van der Waals surface area contributed by atoms with Crippen LogP contribution in [0.2, 0.25) is 0 Å². The maximum absolute atomic E-state index is 12.8. The molecule has 2 aromatic rings. The van der Waals surface area contributed by atoms with E-state index in [4.69, 9.17) is 4.74 Å². The van der Waals surface area contributed by atoms with Crippen LogP contribution in [0.25, 0.3) is 5.57 Å². The Hall–Kier alpha value is -2.35. The van der Waals surface area contributed by atoms with Gasteiger partial charge in [0.15, 0.2) is 0 Å². The lowest BCUT2D eigenvalue weighted by atomic mass is 9.76. The van der Waals surface area contributed by atoms with Crippen molar-refractivity contribution in [1.82, 2.24) is 9.80 Å². The molecule has 0 aromatic heterocycles. The number of hydrogen-bond acceptors (Lipinski definition) is 4. The van der Waals surface area contributed by atoms with Crippen molar-refractivity contribution in [3.8, 4) is 5.75 Å². The summed E-state index contributed by atoms with van der Waals surface area (Å²) in [5.41, 5.74) is 1.54. The number of halogens is 3. The van der Waals surface area contributed by atoms with E-state index in [1.165, 1.54) is 6.42 Å². The fourth-order valence-electron chi connectivity index (χ4n) is 5.16. The van der Waals surface area contributed by atoms with Crippen LogP contribution in [-0.4, -0.2) is 60.3 Å². The van der Waals surface area contributed by atoms with Gasteiger partial charge in [-0.3, -0.25) is 9.80 Å². The molecule has 0 amide bonds. The van der Waals surface area contributed by atoms with Crippen molar-refractivity contribution >= 4 is 5.57 Å². The van der Waals surface area contributed by atoms with Gasteiger partial charge in [0.05, 0.1) is 18.3 Å². The number of nitrogens with zero attached hydrogens (tertiary/aromatic N) is 2. The molecule has 1 heterocycles. The number of aliphatic hydroxyl groups is 1. The molecule has 1 saturated heterocycles. The van der Waals surface area contributed by atoms with E-state index in [2.05, 4.69) is 15.9 Å².